The number of hydrogen-bond donors (Lipinski definition) is 0. The molecule has 0 heteroatoms. The van der Waals surface area contributed by atoms with Crippen LogP contribution >= 0.6 is 0 Å². The Labute approximate surface area is 97.8 Å². The predicted octanol–water partition coefficient (Wildman–Crippen LogP) is 5.48. The zero-order valence-electron chi connectivity index (χ0n) is 11.4. The van der Waals surface area contributed by atoms with Gasteiger partial charge in [0.25, 0.3) is 0 Å². The Morgan fingerprint density at radius 3 is 1.73 bits per heavy atom. The Morgan fingerprint density at radius 1 is 0.800 bits per heavy atom. The van der Waals surface area contributed by atoms with E-state index >= 15 is 0 Å². The topological polar surface area (TPSA) is 0 Å². The molecule has 0 saturated carbocycles. The highest BCUT2D eigenvalue weighted by Gasteiger charge is 2.04. The van der Waals surface area contributed by atoms with E-state index in [2.05, 4.69) is 34.6 Å². The van der Waals surface area contributed by atoms with Gasteiger partial charge in [0, 0.05) is 0 Å². The summed E-state index contributed by atoms with van der Waals surface area (Å²) < 4.78 is 0. The van der Waals surface area contributed by atoms with Gasteiger partial charge < -0.3 is 0 Å². The molecule has 0 aliphatic heterocycles. The van der Waals surface area contributed by atoms with Crippen LogP contribution in [0, 0.1) is 24.7 Å². The molecule has 0 aromatic carbocycles. The Bertz CT molecular complexity index is 126. The molecule has 0 bridgehead atoms. The molecular weight excluding hydrogens is 180 g/mol. The van der Waals surface area contributed by atoms with Gasteiger partial charge in [-0.25, -0.2) is 0 Å². The van der Waals surface area contributed by atoms with Crippen molar-refractivity contribution in [3.8, 4) is 0 Å². The van der Waals surface area contributed by atoms with Crippen molar-refractivity contribution in [2.75, 3.05) is 0 Å². The van der Waals surface area contributed by atoms with Crippen LogP contribution in [0.3, 0.4) is 0 Å². The smallest absolute Gasteiger partial charge is 0.0443 e. The van der Waals surface area contributed by atoms with E-state index < -0.39 is 0 Å². The number of hydrogen-bond acceptors (Lipinski definition) is 0. The van der Waals surface area contributed by atoms with Crippen LogP contribution in [0.4, 0.5) is 0 Å². The van der Waals surface area contributed by atoms with E-state index in [0.717, 1.165) is 11.8 Å². The summed E-state index contributed by atoms with van der Waals surface area (Å²) in [6.07, 6.45) is 9.69. The van der Waals surface area contributed by atoms with Gasteiger partial charge in [0.05, 0.1) is 0 Å². The highest BCUT2D eigenvalue weighted by Crippen LogP contribution is 2.19. The molecule has 0 saturated heterocycles. The molecule has 0 nitrogen and oxygen atoms in total. The summed E-state index contributed by atoms with van der Waals surface area (Å²) in [6, 6.07) is 0. The monoisotopic (exact) mass is 211 g/mol. The molecule has 0 rings (SSSR count). The van der Waals surface area contributed by atoms with Gasteiger partial charge in [-0.1, -0.05) is 79.6 Å². The summed E-state index contributed by atoms with van der Waals surface area (Å²) in [6.45, 7) is 13.3. The third-order valence-electron chi connectivity index (χ3n) is 3.48. The lowest BCUT2D eigenvalue weighted by molar-refractivity contribution is 0.401. The average molecular weight is 211 g/mol. The Kier molecular flexibility index (Phi) is 9.24. The summed E-state index contributed by atoms with van der Waals surface area (Å²) in [5, 5.41) is 0. The third kappa shape index (κ3) is 10.3. The summed E-state index contributed by atoms with van der Waals surface area (Å²) in [5.74, 6) is 2.49. The molecule has 0 spiro atoms. The molecular formula is C15H31. The quantitative estimate of drug-likeness (QED) is 0.474. The third-order valence-corrected chi connectivity index (χ3v) is 3.48. The summed E-state index contributed by atoms with van der Waals surface area (Å²) >= 11 is 0. The van der Waals surface area contributed by atoms with Gasteiger partial charge in [-0.05, 0) is 17.8 Å². The van der Waals surface area contributed by atoms with Gasteiger partial charge >= 0.3 is 0 Å². The summed E-state index contributed by atoms with van der Waals surface area (Å²) in [7, 11) is 0. The molecule has 0 fully saturated rings. The molecule has 3 unspecified atom stereocenters. The molecule has 0 heterocycles. The lowest BCUT2D eigenvalue weighted by Crippen LogP contribution is -1.99. The highest BCUT2D eigenvalue weighted by atomic mass is 14.1. The van der Waals surface area contributed by atoms with Gasteiger partial charge in [0.15, 0.2) is 0 Å². The molecule has 15 heavy (non-hydrogen) atoms. The van der Waals surface area contributed by atoms with Gasteiger partial charge in [-0.3, -0.25) is 0 Å². The minimum atomic E-state index is 0.636. The van der Waals surface area contributed by atoms with E-state index in [1.54, 1.807) is 0 Å². The second-order valence-corrected chi connectivity index (χ2v) is 5.59. The Balaban J connectivity index is 3.29. The van der Waals surface area contributed by atoms with Crippen molar-refractivity contribution in [3.05, 3.63) is 6.92 Å². The number of rotatable bonds is 9. The van der Waals surface area contributed by atoms with Crippen molar-refractivity contribution in [3.63, 3.8) is 0 Å². The van der Waals surface area contributed by atoms with Crippen LogP contribution in [-0.4, -0.2) is 0 Å². The van der Waals surface area contributed by atoms with Crippen molar-refractivity contribution in [1.82, 2.24) is 0 Å². The maximum atomic E-state index is 4.03. The molecule has 91 valence electrons. The fraction of sp³-hybridized carbons (Fsp3) is 0.933. The average Bonchev–Trinajstić information content (AvgIpc) is 2.17. The van der Waals surface area contributed by atoms with Gasteiger partial charge in [-0.15, -0.1) is 0 Å². The zero-order chi connectivity index (χ0) is 11.7. The van der Waals surface area contributed by atoms with Crippen LogP contribution in [0.2, 0.25) is 0 Å². The molecule has 0 aliphatic carbocycles. The molecule has 0 N–H and O–H groups in total. The van der Waals surface area contributed by atoms with E-state index in [4.69, 9.17) is 0 Å². The van der Waals surface area contributed by atoms with Crippen LogP contribution < -0.4 is 0 Å². The standard InChI is InChI=1S/C15H31/c1-6-14(4)10-8-12-15(5)11-7-9-13(2)3/h13-15H,2,6-12H2,1,3-5H3. The second-order valence-electron chi connectivity index (χ2n) is 5.59. The predicted molar refractivity (Wildman–Crippen MR) is 70.8 cm³/mol. The Morgan fingerprint density at radius 2 is 1.27 bits per heavy atom. The van der Waals surface area contributed by atoms with Crippen molar-refractivity contribution in [2.24, 2.45) is 17.8 Å². The van der Waals surface area contributed by atoms with E-state index in [-0.39, 0.29) is 0 Å². The van der Waals surface area contributed by atoms with Crippen LogP contribution in [-0.2, 0) is 0 Å². The molecule has 0 aromatic rings. The molecule has 0 aliphatic rings. The maximum Gasteiger partial charge on any atom is -0.0443 e. The second kappa shape index (κ2) is 9.24. The van der Waals surface area contributed by atoms with E-state index in [1.165, 1.54) is 44.9 Å². The zero-order valence-corrected chi connectivity index (χ0v) is 11.4. The fourth-order valence-corrected chi connectivity index (χ4v) is 1.98. The lowest BCUT2D eigenvalue weighted by atomic mass is 9.93. The SMILES string of the molecule is [CH2]C(C)CCCC(C)CCCC(C)CC. The van der Waals surface area contributed by atoms with Crippen LogP contribution in [0.1, 0.15) is 72.6 Å². The first-order valence-corrected chi connectivity index (χ1v) is 6.89. The largest absolute Gasteiger partial charge is 0.0651 e. The first kappa shape index (κ1) is 15.0. The minimum Gasteiger partial charge on any atom is -0.0651 e. The summed E-state index contributed by atoms with van der Waals surface area (Å²) in [5.41, 5.74) is 0. The van der Waals surface area contributed by atoms with E-state index in [9.17, 15) is 0 Å². The van der Waals surface area contributed by atoms with Crippen molar-refractivity contribution >= 4 is 0 Å². The van der Waals surface area contributed by atoms with Crippen LogP contribution in [0.25, 0.3) is 0 Å². The van der Waals surface area contributed by atoms with Crippen molar-refractivity contribution in [1.29, 1.82) is 0 Å². The molecule has 0 aromatic heterocycles. The highest BCUT2D eigenvalue weighted by molar-refractivity contribution is 4.59. The fourth-order valence-electron chi connectivity index (χ4n) is 1.98. The van der Waals surface area contributed by atoms with Gasteiger partial charge in [0.1, 0.15) is 0 Å². The van der Waals surface area contributed by atoms with E-state index in [0.29, 0.717) is 5.92 Å². The molecule has 1 radical (unpaired) electrons. The lowest BCUT2D eigenvalue weighted by Gasteiger charge is -2.13. The normalized spacial score (nSPS) is 15.6. The van der Waals surface area contributed by atoms with Gasteiger partial charge in [0.2, 0.25) is 0 Å². The Hall–Kier alpha value is 0. The van der Waals surface area contributed by atoms with Crippen LogP contribution in [0.15, 0.2) is 0 Å². The first-order valence-electron chi connectivity index (χ1n) is 6.89. The van der Waals surface area contributed by atoms with Crippen molar-refractivity contribution in [2.45, 2.75) is 72.6 Å². The first-order chi connectivity index (χ1) is 7.06. The molecule has 3 atom stereocenters. The van der Waals surface area contributed by atoms with Gasteiger partial charge in [-0.2, -0.15) is 0 Å². The summed E-state index contributed by atoms with van der Waals surface area (Å²) in [4.78, 5) is 0. The van der Waals surface area contributed by atoms with Crippen molar-refractivity contribution < 1.29 is 0 Å². The minimum absolute atomic E-state index is 0.636. The maximum absolute atomic E-state index is 4.03. The van der Waals surface area contributed by atoms with E-state index in [1.807, 2.05) is 0 Å². The van der Waals surface area contributed by atoms with Crippen LogP contribution in [0.5, 0.6) is 0 Å². The molecule has 0 amide bonds.